The van der Waals surface area contributed by atoms with Gasteiger partial charge < -0.3 is 14.7 Å². The van der Waals surface area contributed by atoms with Crippen LogP contribution in [0, 0.1) is 0 Å². The van der Waals surface area contributed by atoms with E-state index in [1.165, 1.54) is 43.8 Å². The summed E-state index contributed by atoms with van der Waals surface area (Å²) in [7, 11) is 0. The van der Waals surface area contributed by atoms with Gasteiger partial charge in [-0.1, -0.05) is 212 Å². The second kappa shape index (κ2) is 21.0. The van der Waals surface area contributed by atoms with Crippen molar-refractivity contribution in [2.75, 3.05) is 14.7 Å². The second-order valence-corrected chi connectivity index (χ2v) is 19.3. The maximum absolute atomic E-state index is 2.33. The summed E-state index contributed by atoms with van der Waals surface area (Å²) in [5, 5.41) is 5.01. The first-order valence-electron chi connectivity index (χ1n) is 26.3. The van der Waals surface area contributed by atoms with Crippen LogP contribution in [0.3, 0.4) is 0 Å². The van der Waals surface area contributed by atoms with Crippen LogP contribution >= 0.6 is 0 Å². The second-order valence-electron chi connectivity index (χ2n) is 19.3. The number of para-hydroxylation sites is 3. The van der Waals surface area contributed by atoms with Crippen molar-refractivity contribution in [1.82, 2.24) is 0 Å². The molecule has 0 aliphatic heterocycles. The van der Waals surface area contributed by atoms with Gasteiger partial charge in [0.1, 0.15) is 0 Å². The molecule has 0 radical (unpaired) electrons. The van der Waals surface area contributed by atoms with Crippen molar-refractivity contribution < 1.29 is 0 Å². The highest BCUT2D eigenvalue weighted by Gasteiger charge is 2.18. The number of hydrogen-bond acceptors (Lipinski definition) is 3. The molecule has 0 saturated carbocycles. The Morgan fingerprint density at radius 3 is 0.623 bits per heavy atom. The van der Waals surface area contributed by atoms with Gasteiger partial charge in [-0.15, -0.1) is 0 Å². The Hall–Kier alpha value is -10.2. The summed E-state index contributed by atoms with van der Waals surface area (Å²) in [6.07, 6.45) is 0. The van der Waals surface area contributed by atoms with Crippen LogP contribution in [-0.2, 0) is 0 Å². The lowest BCUT2D eigenvalue weighted by molar-refractivity contribution is 1.28. The van der Waals surface area contributed by atoms with E-state index in [0.29, 0.717) is 0 Å². The molecule has 3 heteroatoms. The lowest BCUT2D eigenvalue weighted by Gasteiger charge is -2.26. The summed E-state index contributed by atoms with van der Waals surface area (Å²) in [5.41, 5.74) is 19.4. The predicted molar refractivity (Wildman–Crippen MR) is 327 cm³/mol. The fraction of sp³-hybridized carbons (Fsp3) is 0. The van der Waals surface area contributed by atoms with Crippen LogP contribution in [0.4, 0.5) is 51.2 Å². The maximum atomic E-state index is 2.33. The lowest BCUT2D eigenvalue weighted by Crippen LogP contribution is -2.10. The van der Waals surface area contributed by atoms with Crippen molar-refractivity contribution in [3.63, 3.8) is 0 Å². The van der Waals surface area contributed by atoms with Crippen LogP contribution in [0.25, 0.3) is 66.1 Å². The van der Waals surface area contributed by atoms with Crippen molar-refractivity contribution in [2.45, 2.75) is 0 Å². The Balaban J connectivity index is 0.746. The molecule has 0 heterocycles. The monoisotopic (exact) mass is 983 g/mol. The van der Waals surface area contributed by atoms with Gasteiger partial charge in [0, 0.05) is 51.2 Å². The molecule has 0 N–H and O–H groups in total. The van der Waals surface area contributed by atoms with Crippen LogP contribution in [-0.4, -0.2) is 0 Å². The molecule has 0 atom stereocenters. The molecule has 364 valence electrons. The van der Waals surface area contributed by atoms with E-state index in [4.69, 9.17) is 0 Å². The molecule has 13 aromatic carbocycles. The van der Waals surface area contributed by atoms with Crippen LogP contribution < -0.4 is 14.7 Å². The van der Waals surface area contributed by atoms with Crippen molar-refractivity contribution >= 4 is 72.7 Å². The summed E-state index contributed by atoms with van der Waals surface area (Å²) < 4.78 is 0. The molecule has 0 spiro atoms. The van der Waals surface area contributed by atoms with E-state index >= 15 is 0 Å². The van der Waals surface area contributed by atoms with E-state index in [0.717, 1.165) is 73.4 Å². The number of fused-ring (bicyclic) bond motifs is 2. The molecule has 0 bridgehead atoms. The van der Waals surface area contributed by atoms with Crippen LogP contribution in [0.15, 0.2) is 322 Å². The van der Waals surface area contributed by atoms with Gasteiger partial charge >= 0.3 is 0 Å². The van der Waals surface area contributed by atoms with Crippen molar-refractivity contribution in [3.8, 4) is 44.5 Å². The average molecular weight is 984 g/mol. The van der Waals surface area contributed by atoms with Crippen LogP contribution in [0.2, 0.25) is 0 Å². The largest absolute Gasteiger partial charge is 0.311 e. The highest BCUT2D eigenvalue weighted by atomic mass is 15.2. The molecular weight excluding hydrogens is 931 g/mol. The Morgan fingerprint density at radius 2 is 0.351 bits per heavy atom. The van der Waals surface area contributed by atoms with E-state index in [1.807, 2.05) is 0 Å². The third-order valence-corrected chi connectivity index (χ3v) is 14.7. The molecular formula is C74H53N3. The Morgan fingerprint density at radius 1 is 0.143 bits per heavy atom. The van der Waals surface area contributed by atoms with E-state index < -0.39 is 0 Å². The van der Waals surface area contributed by atoms with Gasteiger partial charge in [-0.3, -0.25) is 0 Å². The van der Waals surface area contributed by atoms with Gasteiger partial charge in [-0.2, -0.15) is 0 Å². The summed E-state index contributed by atoms with van der Waals surface area (Å²) >= 11 is 0. The van der Waals surface area contributed by atoms with Crippen molar-refractivity contribution in [1.29, 1.82) is 0 Å². The van der Waals surface area contributed by atoms with Crippen LogP contribution in [0.5, 0.6) is 0 Å². The third kappa shape index (κ3) is 9.51. The van der Waals surface area contributed by atoms with E-state index in [9.17, 15) is 0 Å². The number of anilines is 9. The minimum atomic E-state index is 1.09. The van der Waals surface area contributed by atoms with E-state index in [1.54, 1.807) is 0 Å². The van der Waals surface area contributed by atoms with Crippen molar-refractivity contribution in [2.24, 2.45) is 0 Å². The first-order valence-corrected chi connectivity index (χ1v) is 26.3. The smallest absolute Gasteiger partial charge is 0.0462 e. The minimum absolute atomic E-state index is 1.09. The SMILES string of the molecule is c1ccc(N(c2ccc(-c3ccc(N(c4ccccc4)c4ccc(-c5cccc6ccccc56)cc4)cc3)cc2)c2ccc(-c3ccc(N(c4ccccc4)c4ccc(-c5cccc6ccccc56)cc4)cc3)cc2)cc1. The molecule has 0 aromatic heterocycles. The standard InChI is InChI=1S/C74H53N3/c1-4-20-62(21-5-1)75(65-42-30-54(31-43-65)56-34-46-67(47-35-56)76(63-22-6-2-7-23-63)69-50-38-60(39-51-69)73-28-14-18-58-16-10-12-26-71(58)73)66-44-32-55(33-45-66)57-36-48-68(49-37-57)77(64-24-8-3-9-25-64)70-52-40-61(41-53-70)74-29-15-19-59-17-11-13-27-72(59)74/h1-53H. The molecule has 0 saturated heterocycles. The minimum Gasteiger partial charge on any atom is -0.311 e. The van der Waals surface area contributed by atoms with Gasteiger partial charge in [0.15, 0.2) is 0 Å². The summed E-state index contributed by atoms with van der Waals surface area (Å²) in [5.74, 6) is 0. The van der Waals surface area contributed by atoms with Gasteiger partial charge in [-0.25, -0.2) is 0 Å². The maximum Gasteiger partial charge on any atom is 0.0462 e. The van der Waals surface area contributed by atoms with E-state index in [2.05, 4.69) is 336 Å². The molecule has 3 nitrogen and oxygen atoms in total. The quantitative estimate of drug-likeness (QED) is 0.114. The fourth-order valence-corrected chi connectivity index (χ4v) is 10.8. The molecule has 0 fully saturated rings. The first-order chi connectivity index (χ1) is 38.2. The molecule has 13 aromatic rings. The molecule has 77 heavy (non-hydrogen) atoms. The van der Waals surface area contributed by atoms with Gasteiger partial charge in [0.05, 0.1) is 0 Å². The molecule has 0 amide bonds. The highest BCUT2D eigenvalue weighted by molar-refractivity contribution is 5.98. The number of rotatable bonds is 13. The third-order valence-electron chi connectivity index (χ3n) is 14.7. The van der Waals surface area contributed by atoms with Crippen LogP contribution in [0.1, 0.15) is 0 Å². The zero-order valence-electron chi connectivity index (χ0n) is 42.4. The van der Waals surface area contributed by atoms with E-state index in [-0.39, 0.29) is 0 Å². The normalized spacial score (nSPS) is 11.1. The zero-order chi connectivity index (χ0) is 51.3. The lowest BCUT2D eigenvalue weighted by atomic mass is 9.98. The first kappa shape index (κ1) is 46.6. The topological polar surface area (TPSA) is 9.72 Å². The summed E-state index contributed by atoms with van der Waals surface area (Å²) in [6.45, 7) is 0. The highest BCUT2D eigenvalue weighted by Crippen LogP contribution is 2.42. The summed E-state index contributed by atoms with van der Waals surface area (Å²) in [4.78, 5) is 6.98. The molecule has 0 aliphatic rings. The Labute approximate surface area is 451 Å². The summed E-state index contributed by atoms with van der Waals surface area (Å²) in [6, 6.07) is 116. The molecule has 0 unspecified atom stereocenters. The fourth-order valence-electron chi connectivity index (χ4n) is 10.8. The Kier molecular flexibility index (Phi) is 12.7. The molecule has 13 rings (SSSR count). The molecule has 0 aliphatic carbocycles. The van der Waals surface area contributed by atoms with Gasteiger partial charge in [0.25, 0.3) is 0 Å². The van der Waals surface area contributed by atoms with Gasteiger partial charge in [-0.05, 0) is 175 Å². The number of nitrogens with zero attached hydrogens (tertiary/aromatic N) is 3. The predicted octanol–water partition coefficient (Wildman–Crippen LogP) is 21.1. The number of benzene rings is 13. The zero-order valence-corrected chi connectivity index (χ0v) is 42.4. The number of hydrogen-bond donors (Lipinski definition) is 0. The van der Waals surface area contributed by atoms with Crippen molar-refractivity contribution in [3.05, 3.63) is 322 Å². The Bertz CT molecular complexity index is 3820. The van der Waals surface area contributed by atoms with Gasteiger partial charge in [0.2, 0.25) is 0 Å². The average Bonchev–Trinajstić information content (AvgIpc) is 3.51.